The fourth-order valence-corrected chi connectivity index (χ4v) is 2.85. The monoisotopic (exact) mass is 292 g/mol. The van der Waals surface area contributed by atoms with Gasteiger partial charge in [-0.25, -0.2) is 0 Å². The lowest BCUT2D eigenvalue weighted by molar-refractivity contribution is 0.518. The molecule has 0 radical (unpaired) electrons. The van der Waals surface area contributed by atoms with Crippen molar-refractivity contribution in [2.45, 2.75) is 64.7 Å². The summed E-state index contributed by atoms with van der Waals surface area (Å²) < 4.78 is 5.82. The van der Waals surface area contributed by atoms with E-state index in [0.29, 0.717) is 0 Å². The fraction of sp³-hybridized carbons (Fsp3) is 0.556. The SMILES string of the molecule is CCCCCCCCCCc1cc2c(Cl)cccc2o1. The third kappa shape index (κ3) is 4.56. The second kappa shape index (κ2) is 8.36. The molecule has 2 heteroatoms. The highest BCUT2D eigenvalue weighted by atomic mass is 35.5. The second-order valence-corrected chi connectivity index (χ2v) is 6.00. The Morgan fingerprint density at radius 1 is 0.950 bits per heavy atom. The second-order valence-electron chi connectivity index (χ2n) is 5.59. The Morgan fingerprint density at radius 3 is 2.35 bits per heavy atom. The van der Waals surface area contributed by atoms with Gasteiger partial charge in [-0.15, -0.1) is 0 Å². The summed E-state index contributed by atoms with van der Waals surface area (Å²) in [5.41, 5.74) is 0.909. The Balaban J connectivity index is 1.67. The van der Waals surface area contributed by atoms with Crippen LogP contribution in [0.4, 0.5) is 0 Å². The van der Waals surface area contributed by atoms with E-state index in [9.17, 15) is 0 Å². The largest absolute Gasteiger partial charge is 0.461 e. The molecule has 0 amide bonds. The van der Waals surface area contributed by atoms with E-state index in [2.05, 4.69) is 13.0 Å². The number of furan rings is 1. The Morgan fingerprint density at radius 2 is 1.65 bits per heavy atom. The van der Waals surface area contributed by atoms with Crippen LogP contribution in [0.2, 0.25) is 5.02 Å². The molecule has 0 aliphatic heterocycles. The molecule has 1 aromatic heterocycles. The molecule has 2 aromatic rings. The van der Waals surface area contributed by atoms with Crippen LogP contribution in [-0.2, 0) is 6.42 Å². The third-order valence-electron chi connectivity index (χ3n) is 3.84. The molecule has 20 heavy (non-hydrogen) atoms. The lowest BCUT2D eigenvalue weighted by Crippen LogP contribution is -1.84. The van der Waals surface area contributed by atoms with Crippen LogP contribution in [0.25, 0.3) is 11.0 Å². The predicted molar refractivity (Wildman–Crippen MR) is 87.5 cm³/mol. The molecule has 0 unspecified atom stereocenters. The van der Waals surface area contributed by atoms with Crippen molar-refractivity contribution in [2.24, 2.45) is 0 Å². The van der Waals surface area contributed by atoms with E-state index in [1.807, 2.05) is 18.2 Å². The molecule has 0 atom stereocenters. The zero-order chi connectivity index (χ0) is 14.2. The average molecular weight is 293 g/mol. The smallest absolute Gasteiger partial charge is 0.135 e. The molecule has 1 aromatic carbocycles. The van der Waals surface area contributed by atoms with Crippen molar-refractivity contribution in [3.05, 3.63) is 35.0 Å². The molecule has 0 saturated carbocycles. The van der Waals surface area contributed by atoms with Crippen molar-refractivity contribution in [1.82, 2.24) is 0 Å². The summed E-state index contributed by atoms with van der Waals surface area (Å²) >= 11 is 6.15. The summed E-state index contributed by atoms with van der Waals surface area (Å²) in [5, 5.41) is 1.83. The summed E-state index contributed by atoms with van der Waals surface area (Å²) in [6.45, 7) is 2.26. The van der Waals surface area contributed by atoms with Crippen molar-refractivity contribution in [3.63, 3.8) is 0 Å². The predicted octanol–water partition coefficient (Wildman–Crippen LogP) is 6.77. The number of fused-ring (bicyclic) bond motifs is 1. The van der Waals surface area contributed by atoms with Crippen LogP contribution in [0, 0.1) is 0 Å². The molecule has 0 aliphatic rings. The number of aryl methyl sites for hydroxylation is 1. The Hall–Kier alpha value is -0.950. The first kappa shape index (κ1) is 15.4. The van der Waals surface area contributed by atoms with Gasteiger partial charge in [-0.3, -0.25) is 0 Å². The van der Waals surface area contributed by atoms with Gasteiger partial charge in [0.25, 0.3) is 0 Å². The van der Waals surface area contributed by atoms with E-state index in [1.165, 1.54) is 51.4 Å². The van der Waals surface area contributed by atoms with Gasteiger partial charge in [0.2, 0.25) is 0 Å². The van der Waals surface area contributed by atoms with Crippen LogP contribution < -0.4 is 0 Å². The quantitative estimate of drug-likeness (QED) is 0.465. The van der Waals surface area contributed by atoms with E-state index in [4.69, 9.17) is 16.0 Å². The molecule has 1 nitrogen and oxygen atoms in total. The summed E-state index contributed by atoms with van der Waals surface area (Å²) in [6, 6.07) is 7.94. The van der Waals surface area contributed by atoms with E-state index in [0.717, 1.165) is 28.2 Å². The molecule has 110 valence electrons. The molecular weight excluding hydrogens is 268 g/mol. The van der Waals surface area contributed by atoms with Crippen molar-refractivity contribution in [3.8, 4) is 0 Å². The highest BCUT2D eigenvalue weighted by Gasteiger charge is 2.06. The average Bonchev–Trinajstić information content (AvgIpc) is 2.86. The molecule has 0 N–H and O–H groups in total. The maximum atomic E-state index is 6.15. The first-order valence-electron chi connectivity index (χ1n) is 7.98. The maximum absolute atomic E-state index is 6.15. The maximum Gasteiger partial charge on any atom is 0.135 e. The van der Waals surface area contributed by atoms with E-state index in [-0.39, 0.29) is 0 Å². The van der Waals surface area contributed by atoms with Crippen LogP contribution in [0.5, 0.6) is 0 Å². The van der Waals surface area contributed by atoms with Gasteiger partial charge < -0.3 is 4.42 Å². The molecule has 0 bridgehead atoms. The van der Waals surface area contributed by atoms with Gasteiger partial charge in [0, 0.05) is 11.8 Å². The summed E-state index contributed by atoms with van der Waals surface area (Å²) in [7, 11) is 0. The first-order chi connectivity index (χ1) is 9.81. The molecule has 2 rings (SSSR count). The van der Waals surface area contributed by atoms with Crippen LogP contribution >= 0.6 is 11.6 Å². The Labute approximate surface area is 127 Å². The number of hydrogen-bond donors (Lipinski definition) is 0. The van der Waals surface area contributed by atoms with E-state index < -0.39 is 0 Å². The number of hydrogen-bond acceptors (Lipinski definition) is 1. The zero-order valence-corrected chi connectivity index (χ0v) is 13.2. The third-order valence-corrected chi connectivity index (χ3v) is 4.17. The topological polar surface area (TPSA) is 13.1 Å². The first-order valence-corrected chi connectivity index (χ1v) is 8.36. The van der Waals surface area contributed by atoms with Gasteiger partial charge in [-0.2, -0.15) is 0 Å². The molecule has 0 spiro atoms. The molecule has 0 saturated heterocycles. The highest BCUT2D eigenvalue weighted by molar-refractivity contribution is 6.35. The minimum Gasteiger partial charge on any atom is -0.461 e. The summed E-state index contributed by atoms with van der Waals surface area (Å²) in [6.07, 6.45) is 11.8. The molecule has 1 heterocycles. The van der Waals surface area contributed by atoms with E-state index in [1.54, 1.807) is 0 Å². The number of unbranched alkanes of at least 4 members (excludes halogenated alkanes) is 7. The van der Waals surface area contributed by atoms with Crippen molar-refractivity contribution >= 4 is 22.6 Å². The molecular formula is C18H25ClO. The number of benzene rings is 1. The van der Waals surface area contributed by atoms with Crippen LogP contribution in [0.3, 0.4) is 0 Å². The van der Waals surface area contributed by atoms with Crippen molar-refractivity contribution < 1.29 is 4.42 Å². The van der Waals surface area contributed by atoms with Crippen molar-refractivity contribution in [2.75, 3.05) is 0 Å². The van der Waals surface area contributed by atoms with Crippen LogP contribution in [0.1, 0.15) is 64.1 Å². The molecule has 0 aliphatic carbocycles. The van der Waals surface area contributed by atoms with Gasteiger partial charge in [-0.1, -0.05) is 69.5 Å². The standard InChI is InChI=1S/C18H25ClO/c1-2-3-4-5-6-7-8-9-11-15-14-16-17(19)12-10-13-18(16)20-15/h10,12-14H,2-9,11H2,1H3. The highest BCUT2D eigenvalue weighted by Crippen LogP contribution is 2.27. The van der Waals surface area contributed by atoms with Gasteiger partial charge in [0.1, 0.15) is 11.3 Å². The summed E-state index contributed by atoms with van der Waals surface area (Å²) in [4.78, 5) is 0. The van der Waals surface area contributed by atoms with Gasteiger partial charge in [-0.05, 0) is 24.6 Å². The molecule has 0 fully saturated rings. The van der Waals surface area contributed by atoms with Crippen molar-refractivity contribution in [1.29, 1.82) is 0 Å². The van der Waals surface area contributed by atoms with Crippen LogP contribution in [-0.4, -0.2) is 0 Å². The minimum atomic E-state index is 0.786. The number of halogens is 1. The normalized spacial score (nSPS) is 11.3. The summed E-state index contributed by atoms with van der Waals surface area (Å²) in [5.74, 6) is 1.07. The zero-order valence-electron chi connectivity index (χ0n) is 12.5. The lowest BCUT2D eigenvalue weighted by Gasteiger charge is -2.00. The van der Waals surface area contributed by atoms with Crippen LogP contribution in [0.15, 0.2) is 28.7 Å². The Kier molecular flexibility index (Phi) is 6.46. The minimum absolute atomic E-state index is 0.786. The lowest BCUT2D eigenvalue weighted by atomic mass is 10.1. The fourth-order valence-electron chi connectivity index (χ4n) is 2.63. The van der Waals surface area contributed by atoms with Gasteiger partial charge in [0.15, 0.2) is 0 Å². The van der Waals surface area contributed by atoms with Gasteiger partial charge >= 0.3 is 0 Å². The number of rotatable bonds is 9. The van der Waals surface area contributed by atoms with E-state index >= 15 is 0 Å². The Bertz CT molecular complexity index is 515. The van der Waals surface area contributed by atoms with Gasteiger partial charge in [0.05, 0.1) is 5.02 Å².